The van der Waals surface area contributed by atoms with Crippen LogP contribution in [0.15, 0.2) is 18.2 Å². The van der Waals surface area contributed by atoms with Crippen molar-refractivity contribution in [1.29, 1.82) is 0 Å². The van der Waals surface area contributed by atoms with E-state index in [-0.39, 0.29) is 10.9 Å². The van der Waals surface area contributed by atoms with E-state index in [4.69, 9.17) is 4.74 Å². The average molecular weight is 252 g/mol. The molecule has 0 radical (unpaired) electrons. The van der Waals surface area contributed by atoms with Crippen LogP contribution in [0.1, 0.15) is 38.0 Å². The Morgan fingerprint density at radius 1 is 1.41 bits per heavy atom. The molecular formula is C14H20O2S. The summed E-state index contributed by atoms with van der Waals surface area (Å²) in [6.07, 6.45) is 0.576. The van der Waals surface area contributed by atoms with Gasteiger partial charge in [0.15, 0.2) is 0 Å². The van der Waals surface area contributed by atoms with Gasteiger partial charge in [0, 0.05) is 16.9 Å². The van der Waals surface area contributed by atoms with Crippen molar-refractivity contribution in [2.45, 2.75) is 38.0 Å². The molecule has 1 aromatic rings. The highest BCUT2D eigenvalue weighted by Crippen LogP contribution is 2.31. The first kappa shape index (κ1) is 12.8. The van der Waals surface area contributed by atoms with Crippen molar-refractivity contribution in [2.24, 2.45) is 0 Å². The highest BCUT2D eigenvalue weighted by molar-refractivity contribution is 8.00. The topological polar surface area (TPSA) is 29.5 Å². The van der Waals surface area contributed by atoms with Crippen molar-refractivity contribution in [3.63, 3.8) is 0 Å². The molecule has 1 unspecified atom stereocenters. The normalized spacial score (nSPS) is 16.5. The van der Waals surface area contributed by atoms with Gasteiger partial charge < -0.3 is 9.84 Å². The molecule has 94 valence electrons. The maximum atomic E-state index is 10.2. The molecule has 0 amide bonds. The van der Waals surface area contributed by atoms with Crippen LogP contribution in [0.3, 0.4) is 0 Å². The van der Waals surface area contributed by atoms with Gasteiger partial charge in [-0.1, -0.05) is 26.8 Å². The van der Waals surface area contributed by atoms with Gasteiger partial charge in [-0.2, -0.15) is 11.8 Å². The van der Waals surface area contributed by atoms with E-state index in [0.717, 1.165) is 30.1 Å². The molecule has 2 nitrogen and oxygen atoms in total. The lowest BCUT2D eigenvalue weighted by Crippen LogP contribution is -2.12. The maximum absolute atomic E-state index is 10.2. The first-order chi connectivity index (χ1) is 7.96. The summed E-state index contributed by atoms with van der Waals surface area (Å²) in [6, 6.07) is 6.02. The summed E-state index contributed by atoms with van der Waals surface area (Å²) >= 11 is 1.79. The fourth-order valence-electron chi connectivity index (χ4n) is 1.84. The molecule has 1 N–H and O–H groups in total. The van der Waals surface area contributed by atoms with Crippen molar-refractivity contribution in [3.05, 3.63) is 29.3 Å². The minimum Gasteiger partial charge on any atom is -0.493 e. The van der Waals surface area contributed by atoms with Gasteiger partial charge in [-0.05, 0) is 23.3 Å². The van der Waals surface area contributed by atoms with Crippen molar-refractivity contribution in [2.75, 3.05) is 12.4 Å². The van der Waals surface area contributed by atoms with E-state index < -0.39 is 0 Å². The zero-order valence-electron chi connectivity index (χ0n) is 10.7. The number of aliphatic hydroxyl groups is 1. The number of hydrogen-bond acceptors (Lipinski definition) is 3. The van der Waals surface area contributed by atoms with E-state index in [2.05, 4.69) is 26.8 Å². The molecule has 1 atom stereocenters. The average Bonchev–Trinajstić information content (AvgIpc) is 2.71. The van der Waals surface area contributed by atoms with Crippen LogP contribution in [0.5, 0.6) is 5.75 Å². The first-order valence-electron chi connectivity index (χ1n) is 6.03. The van der Waals surface area contributed by atoms with Crippen LogP contribution in [0.2, 0.25) is 0 Å². The van der Waals surface area contributed by atoms with E-state index in [9.17, 15) is 5.11 Å². The van der Waals surface area contributed by atoms with Gasteiger partial charge in [0.1, 0.15) is 5.75 Å². The van der Waals surface area contributed by atoms with Crippen LogP contribution in [0.4, 0.5) is 0 Å². The van der Waals surface area contributed by atoms with Crippen LogP contribution in [-0.4, -0.2) is 22.2 Å². The van der Waals surface area contributed by atoms with E-state index in [1.165, 1.54) is 5.56 Å². The Kier molecular flexibility index (Phi) is 3.69. The third-order valence-electron chi connectivity index (χ3n) is 2.77. The largest absolute Gasteiger partial charge is 0.493 e. The molecule has 1 aliphatic rings. The lowest BCUT2D eigenvalue weighted by Gasteiger charge is -2.20. The third kappa shape index (κ3) is 3.39. The number of thioether (sulfide) groups is 1. The minimum absolute atomic E-state index is 0.195. The third-order valence-corrected chi connectivity index (χ3v) is 4.12. The Morgan fingerprint density at radius 3 is 2.88 bits per heavy atom. The van der Waals surface area contributed by atoms with Crippen LogP contribution in [0, 0.1) is 0 Å². The molecule has 0 spiro atoms. The predicted octanol–water partition coefficient (Wildman–Crippen LogP) is 3.19. The molecule has 0 saturated heterocycles. The van der Waals surface area contributed by atoms with Crippen LogP contribution >= 0.6 is 11.8 Å². The lowest BCUT2D eigenvalue weighted by atomic mass is 10.1. The maximum Gasteiger partial charge on any atom is 0.122 e. The van der Waals surface area contributed by atoms with Gasteiger partial charge in [0.05, 0.1) is 12.7 Å². The molecule has 1 aromatic carbocycles. The fraction of sp³-hybridized carbons (Fsp3) is 0.571. The van der Waals surface area contributed by atoms with Crippen LogP contribution in [-0.2, 0) is 6.42 Å². The molecule has 0 bridgehead atoms. The number of ether oxygens (including phenoxy) is 1. The molecule has 0 saturated carbocycles. The highest BCUT2D eigenvalue weighted by Gasteiger charge is 2.18. The standard InChI is InChI=1S/C14H20O2S/c1-14(2,3)17-9-12(15)10-4-5-13-11(8-10)6-7-16-13/h4-5,8,12,15H,6-7,9H2,1-3H3. The summed E-state index contributed by atoms with van der Waals surface area (Å²) in [5.41, 5.74) is 2.23. The van der Waals surface area contributed by atoms with Gasteiger partial charge in [0.25, 0.3) is 0 Å². The Hall–Kier alpha value is -0.670. The molecule has 1 aliphatic heterocycles. The summed E-state index contributed by atoms with van der Waals surface area (Å²) in [4.78, 5) is 0. The number of benzene rings is 1. The second kappa shape index (κ2) is 4.91. The number of rotatable bonds is 3. The summed E-state index contributed by atoms with van der Waals surface area (Å²) in [5.74, 6) is 1.72. The molecule has 0 fully saturated rings. The first-order valence-corrected chi connectivity index (χ1v) is 7.02. The van der Waals surface area contributed by atoms with Crippen LogP contribution < -0.4 is 4.74 Å². The molecular weight excluding hydrogens is 232 g/mol. The molecule has 3 heteroatoms. The SMILES string of the molecule is CC(C)(C)SCC(O)c1ccc2c(c1)CCO2. The van der Waals surface area contributed by atoms with Gasteiger partial charge in [0.2, 0.25) is 0 Å². The van der Waals surface area contributed by atoms with Gasteiger partial charge in [-0.25, -0.2) is 0 Å². The second-order valence-corrected chi connectivity index (χ2v) is 7.25. The summed E-state index contributed by atoms with van der Waals surface area (Å²) in [6.45, 7) is 7.27. The van der Waals surface area contributed by atoms with E-state index >= 15 is 0 Å². The van der Waals surface area contributed by atoms with Gasteiger partial charge in [-0.3, -0.25) is 0 Å². The predicted molar refractivity (Wildman–Crippen MR) is 72.8 cm³/mol. The number of fused-ring (bicyclic) bond motifs is 1. The second-order valence-electron chi connectivity index (χ2n) is 5.40. The zero-order chi connectivity index (χ0) is 12.5. The van der Waals surface area contributed by atoms with E-state index in [1.54, 1.807) is 11.8 Å². The van der Waals surface area contributed by atoms with Crippen LogP contribution in [0.25, 0.3) is 0 Å². The smallest absolute Gasteiger partial charge is 0.122 e. The lowest BCUT2D eigenvalue weighted by molar-refractivity contribution is 0.203. The van der Waals surface area contributed by atoms with Crippen molar-refractivity contribution in [1.82, 2.24) is 0 Å². The quantitative estimate of drug-likeness (QED) is 0.896. The molecule has 1 heterocycles. The Bertz CT molecular complexity index is 396. The zero-order valence-corrected chi connectivity index (χ0v) is 11.5. The monoisotopic (exact) mass is 252 g/mol. The molecule has 2 rings (SSSR count). The van der Waals surface area contributed by atoms with Crippen molar-refractivity contribution >= 4 is 11.8 Å². The Morgan fingerprint density at radius 2 is 2.18 bits per heavy atom. The van der Waals surface area contributed by atoms with Gasteiger partial charge >= 0.3 is 0 Å². The number of hydrogen-bond donors (Lipinski definition) is 1. The highest BCUT2D eigenvalue weighted by atomic mass is 32.2. The van der Waals surface area contributed by atoms with Gasteiger partial charge in [-0.15, -0.1) is 0 Å². The summed E-state index contributed by atoms with van der Waals surface area (Å²) < 4.78 is 5.66. The molecule has 0 aliphatic carbocycles. The summed E-state index contributed by atoms with van der Waals surface area (Å²) in [7, 11) is 0. The molecule has 17 heavy (non-hydrogen) atoms. The number of aliphatic hydroxyl groups excluding tert-OH is 1. The summed E-state index contributed by atoms with van der Waals surface area (Å²) in [5, 5.41) is 10.2. The Balaban J connectivity index is 2.02. The minimum atomic E-state index is -0.384. The Labute approximate surface area is 107 Å². The molecule has 0 aromatic heterocycles. The fourth-order valence-corrected chi connectivity index (χ4v) is 2.69. The van der Waals surface area contributed by atoms with Crippen molar-refractivity contribution < 1.29 is 9.84 Å². The van der Waals surface area contributed by atoms with E-state index in [1.807, 2.05) is 12.1 Å². The van der Waals surface area contributed by atoms with E-state index in [0.29, 0.717) is 0 Å². The van der Waals surface area contributed by atoms with Crippen molar-refractivity contribution in [3.8, 4) is 5.75 Å².